The van der Waals surface area contributed by atoms with Gasteiger partial charge in [0, 0.05) is 23.5 Å². The van der Waals surface area contributed by atoms with Gasteiger partial charge >= 0.3 is 11.9 Å². The normalized spacial score (nSPS) is 22.6. The molecular weight excluding hydrogens is 566 g/mol. The fraction of sp³-hybridized carbons (Fsp3) is 0.613. The van der Waals surface area contributed by atoms with E-state index in [0.717, 1.165) is 30.4 Å². The van der Waals surface area contributed by atoms with Crippen LogP contribution < -0.4 is 15.2 Å². The van der Waals surface area contributed by atoms with Gasteiger partial charge in [-0.3, -0.25) is 4.79 Å². The Labute approximate surface area is 252 Å². The fourth-order valence-corrected chi connectivity index (χ4v) is 6.10. The summed E-state index contributed by atoms with van der Waals surface area (Å²) in [6.07, 6.45) is 5.40. The Kier molecular flexibility index (Phi) is 12.5. The van der Waals surface area contributed by atoms with Crippen molar-refractivity contribution >= 4 is 23.5 Å². The van der Waals surface area contributed by atoms with Crippen LogP contribution in [0, 0.1) is 5.41 Å². The zero-order chi connectivity index (χ0) is 30.8. The molecule has 234 valence electrons. The Bertz CT molecular complexity index is 1140. The molecule has 4 atom stereocenters. The van der Waals surface area contributed by atoms with Crippen LogP contribution in [0.4, 0.5) is 0 Å². The lowest BCUT2D eigenvalue weighted by Gasteiger charge is -2.38. The topological polar surface area (TPSA) is 147 Å². The number of carbonyl (C=O) groups is 2. The molecule has 0 bridgehead atoms. The van der Waals surface area contributed by atoms with Crippen LogP contribution in [-0.4, -0.2) is 67.5 Å². The molecule has 0 saturated carbocycles. The summed E-state index contributed by atoms with van der Waals surface area (Å²) in [5, 5.41) is 20.8. The summed E-state index contributed by atoms with van der Waals surface area (Å²) in [5.74, 6) is -0.446. The van der Waals surface area contributed by atoms with E-state index in [1.807, 2.05) is 18.2 Å². The van der Waals surface area contributed by atoms with Crippen molar-refractivity contribution in [3.05, 3.63) is 46.7 Å². The van der Waals surface area contributed by atoms with Gasteiger partial charge in [0.25, 0.3) is 0 Å². The number of esters is 2. The molecule has 42 heavy (non-hydrogen) atoms. The van der Waals surface area contributed by atoms with E-state index in [-0.39, 0.29) is 38.8 Å². The predicted octanol–water partition coefficient (Wildman–Crippen LogP) is 4.23. The maximum atomic E-state index is 13.8. The second-order valence-corrected chi connectivity index (χ2v) is 11.0. The number of aliphatic hydroxyl groups is 2. The minimum Gasteiger partial charge on any atom is -0.497 e. The van der Waals surface area contributed by atoms with Crippen molar-refractivity contribution in [2.24, 2.45) is 11.1 Å². The fourth-order valence-electron chi connectivity index (χ4n) is 6.03. The molecule has 0 saturated heterocycles. The number of halogens is 1. The van der Waals surface area contributed by atoms with Gasteiger partial charge in [-0.2, -0.15) is 0 Å². The lowest BCUT2D eigenvalue weighted by atomic mass is 9.68. The van der Waals surface area contributed by atoms with Crippen molar-refractivity contribution in [1.29, 1.82) is 0 Å². The van der Waals surface area contributed by atoms with Crippen LogP contribution in [-0.2, 0) is 30.2 Å². The van der Waals surface area contributed by atoms with E-state index in [9.17, 15) is 19.8 Å². The highest BCUT2D eigenvalue weighted by molar-refractivity contribution is 6.25. The highest BCUT2D eigenvalue weighted by atomic mass is 35.5. The van der Waals surface area contributed by atoms with E-state index in [4.69, 9.17) is 41.0 Å². The number of ether oxygens (including phenoxy) is 5. The van der Waals surface area contributed by atoms with Crippen LogP contribution in [0.2, 0.25) is 0 Å². The Balaban J connectivity index is 2.05. The molecule has 3 unspecified atom stereocenters. The molecule has 0 amide bonds. The molecule has 1 aromatic rings. The maximum absolute atomic E-state index is 13.8. The van der Waals surface area contributed by atoms with E-state index in [1.165, 1.54) is 18.7 Å². The minimum absolute atomic E-state index is 0.102. The molecule has 3 rings (SSSR count). The number of rotatable bonds is 17. The van der Waals surface area contributed by atoms with Crippen molar-refractivity contribution in [2.75, 3.05) is 33.7 Å². The van der Waals surface area contributed by atoms with Crippen molar-refractivity contribution in [3.8, 4) is 11.5 Å². The molecule has 1 heterocycles. The number of hydrogen-bond acceptors (Lipinski definition) is 10. The number of nitrogens with two attached hydrogens (primary N) is 1. The molecule has 1 aliphatic heterocycles. The summed E-state index contributed by atoms with van der Waals surface area (Å²) in [5.41, 5.74) is 6.43. The largest absolute Gasteiger partial charge is 0.497 e. The van der Waals surface area contributed by atoms with Gasteiger partial charge in [-0.1, -0.05) is 31.9 Å². The van der Waals surface area contributed by atoms with Gasteiger partial charge in [0.15, 0.2) is 23.2 Å². The number of hydrogen-bond donors (Lipinski definition) is 3. The number of aliphatic hydroxyl groups excluding tert-OH is 1. The lowest BCUT2D eigenvalue weighted by molar-refractivity contribution is -0.179. The maximum Gasteiger partial charge on any atom is 0.339 e. The highest BCUT2D eigenvalue weighted by Crippen LogP contribution is 2.56. The summed E-state index contributed by atoms with van der Waals surface area (Å²) in [6, 6.07) is 3.86. The van der Waals surface area contributed by atoms with Gasteiger partial charge in [0.05, 0.1) is 13.5 Å². The van der Waals surface area contributed by atoms with Crippen molar-refractivity contribution in [3.63, 3.8) is 0 Å². The first-order chi connectivity index (χ1) is 20.2. The molecule has 0 aromatic heterocycles. The first kappa shape index (κ1) is 33.7. The molecule has 0 fully saturated rings. The van der Waals surface area contributed by atoms with Crippen molar-refractivity contribution < 1.29 is 43.5 Å². The predicted molar refractivity (Wildman–Crippen MR) is 157 cm³/mol. The lowest BCUT2D eigenvalue weighted by Crippen LogP contribution is -2.45. The molecule has 0 radical (unpaired) electrons. The number of carbonyl (C=O) groups excluding carboxylic acids is 2. The summed E-state index contributed by atoms with van der Waals surface area (Å²) in [6.45, 7) is 4.46. The molecule has 2 aliphatic rings. The number of fused-ring (bicyclic) bond motifs is 1. The van der Waals surface area contributed by atoms with Crippen LogP contribution >= 0.6 is 11.6 Å². The zero-order valence-electron chi connectivity index (χ0n) is 24.7. The Morgan fingerprint density at radius 3 is 2.60 bits per heavy atom. The minimum atomic E-state index is -2.18. The van der Waals surface area contributed by atoms with Crippen LogP contribution in [0.3, 0.4) is 0 Å². The van der Waals surface area contributed by atoms with Crippen LogP contribution in [0.1, 0.15) is 75.8 Å². The highest BCUT2D eigenvalue weighted by Gasteiger charge is 2.53. The molecule has 1 aliphatic carbocycles. The molecule has 0 spiro atoms. The second-order valence-electron chi connectivity index (χ2n) is 10.8. The standard InChI is InChI=1S/C31H44ClNO9/c1-4-10-30(5-2)18-25(38-3)28(27(30)22-17-24-23(40-20-41-24)16-21(22)9-13-33)42-29(36)31(37,11-6-7-14-34)19-26(35)39-15-8-12-32/h8,12,16-18,27-28,34,37H,4-7,9-11,13-15,19-20,33H2,1-3H3/b12-8+/t27?,28?,30-,31?/m1/s1. The molecular formula is C31H44ClNO9. The first-order valence-electron chi connectivity index (χ1n) is 14.6. The van der Waals surface area contributed by atoms with Gasteiger partial charge < -0.3 is 39.6 Å². The Hall–Kier alpha value is -2.79. The van der Waals surface area contributed by atoms with E-state index < -0.39 is 35.5 Å². The summed E-state index contributed by atoms with van der Waals surface area (Å²) < 4.78 is 28.4. The van der Waals surface area contributed by atoms with E-state index in [2.05, 4.69) is 13.8 Å². The smallest absolute Gasteiger partial charge is 0.339 e. The van der Waals surface area contributed by atoms with Crippen molar-refractivity contribution in [1.82, 2.24) is 0 Å². The van der Waals surface area contributed by atoms with Crippen molar-refractivity contribution in [2.45, 2.75) is 82.8 Å². The quantitative estimate of drug-likeness (QED) is 0.173. The number of unbranched alkanes of at least 4 members (excludes halogenated alkanes) is 1. The van der Waals surface area contributed by atoms with E-state index in [1.54, 1.807) is 0 Å². The zero-order valence-corrected chi connectivity index (χ0v) is 25.5. The monoisotopic (exact) mass is 609 g/mol. The van der Waals surface area contributed by atoms with E-state index >= 15 is 0 Å². The average molecular weight is 610 g/mol. The molecule has 10 nitrogen and oxygen atoms in total. The van der Waals surface area contributed by atoms with Gasteiger partial charge in [-0.25, -0.2) is 4.79 Å². The first-order valence-corrected chi connectivity index (χ1v) is 15.0. The van der Waals surface area contributed by atoms with Crippen LogP contribution in [0.25, 0.3) is 0 Å². The summed E-state index contributed by atoms with van der Waals surface area (Å²) in [4.78, 5) is 26.4. The van der Waals surface area contributed by atoms with Gasteiger partial charge in [0.1, 0.15) is 12.4 Å². The number of methoxy groups -OCH3 is 1. The third-order valence-corrected chi connectivity index (χ3v) is 8.28. The second kappa shape index (κ2) is 15.6. The van der Waals surface area contributed by atoms with Gasteiger partial charge in [-0.15, -0.1) is 0 Å². The number of allylic oxidation sites excluding steroid dienone is 1. The Morgan fingerprint density at radius 2 is 1.98 bits per heavy atom. The third kappa shape index (κ3) is 7.58. The Morgan fingerprint density at radius 1 is 1.24 bits per heavy atom. The average Bonchev–Trinajstić information content (AvgIpc) is 3.55. The molecule has 4 N–H and O–H groups in total. The van der Waals surface area contributed by atoms with Gasteiger partial charge in [0.2, 0.25) is 6.79 Å². The van der Waals surface area contributed by atoms with Crippen LogP contribution in [0.15, 0.2) is 35.6 Å². The van der Waals surface area contributed by atoms with Gasteiger partial charge in [-0.05, 0) is 80.5 Å². The van der Waals surface area contributed by atoms with Crippen LogP contribution in [0.5, 0.6) is 11.5 Å². The SMILES string of the molecule is CCC[C@]1(CC)C=C(OC)C(OC(=O)C(O)(CCCCO)CC(=O)OC/C=C/Cl)C1c1cc2c(cc1CCN)OCO2. The molecule has 1 aromatic carbocycles. The number of benzene rings is 1. The van der Waals surface area contributed by atoms with E-state index in [0.29, 0.717) is 36.6 Å². The summed E-state index contributed by atoms with van der Waals surface area (Å²) >= 11 is 5.50. The molecule has 11 heteroatoms. The third-order valence-electron chi connectivity index (χ3n) is 8.10. The summed E-state index contributed by atoms with van der Waals surface area (Å²) in [7, 11) is 1.52.